The van der Waals surface area contributed by atoms with E-state index in [0.717, 1.165) is 20.2 Å². The van der Waals surface area contributed by atoms with Crippen molar-refractivity contribution in [2.75, 3.05) is 39.1 Å². The summed E-state index contributed by atoms with van der Waals surface area (Å²) in [6, 6.07) is 7.34. The highest BCUT2D eigenvalue weighted by molar-refractivity contribution is 7.89. The largest absolute Gasteiger partial charge is 0.658 e. The molecule has 0 saturated carbocycles. The number of rotatable bonds is 14. The molecular weight excluding hydrogens is 541 g/mol. The summed E-state index contributed by atoms with van der Waals surface area (Å²) in [4.78, 5) is 24.4. The molecule has 0 fully saturated rings. The first-order valence-corrected chi connectivity index (χ1v) is 14.0. The van der Waals surface area contributed by atoms with Crippen LogP contribution in [0.1, 0.15) is 20.7 Å². The number of benzene rings is 2. The van der Waals surface area contributed by atoms with Gasteiger partial charge in [-0.2, -0.15) is 0 Å². The lowest BCUT2D eigenvalue weighted by Gasteiger charge is -2.14. The number of nitrogens with one attached hydrogen (secondary N) is 2. The van der Waals surface area contributed by atoms with Crippen molar-refractivity contribution in [3.63, 3.8) is 0 Å². The number of amides is 2. The van der Waals surface area contributed by atoms with Crippen LogP contribution in [0.5, 0.6) is 23.0 Å². The number of carbonyl (C=O) groups is 2. The number of carbonyl (C=O) groups excluding carboxylic acids is 2. The molecule has 1 radical (unpaired) electrons. The van der Waals surface area contributed by atoms with Crippen LogP contribution in [0, 0.1) is 0 Å². The van der Waals surface area contributed by atoms with Crippen molar-refractivity contribution in [1.82, 2.24) is 9.44 Å². The molecular formula is C20H22BF2N2O10S2. The smallest absolute Gasteiger partial charge is 0.526 e. The molecule has 0 spiro atoms. The molecule has 0 atom stereocenters. The lowest BCUT2D eigenvalue weighted by molar-refractivity contribution is 0.0968. The maximum atomic E-state index is 12.6. The van der Waals surface area contributed by atoms with E-state index in [1.807, 2.05) is 0 Å². The minimum absolute atomic E-state index is 0.0582. The number of alkyl halides is 2. The van der Waals surface area contributed by atoms with E-state index in [1.165, 1.54) is 36.4 Å². The lowest BCUT2D eigenvalue weighted by Crippen LogP contribution is -2.29. The fourth-order valence-corrected chi connectivity index (χ4v) is 3.54. The predicted octanol–water partition coefficient (Wildman–Crippen LogP) is 0.754. The highest BCUT2D eigenvalue weighted by Gasteiger charge is 2.19. The predicted molar refractivity (Wildman–Crippen MR) is 127 cm³/mol. The first-order valence-electron chi connectivity index (χ1n) is 10.2. The zero-order chi connectivity index (χ0) is 27.6. The summed E-state index contributed by atoms with van der Waals surface area (Å²) in [5.74, 6) is -2.20. The van der Waals surface area contributed by atoms with E-state index >= 15 is 0 Å². The van der Waals surface area contributed by atoms with Crippen molar-refractivity contribution < 1.29 is 54.0 Å². The summed E-state index contributed by atoms with van der Waals surface area (Å²) in [5.41, 5.74) is -0.380. The third-order valence-electron chi connectivity index (χ3n) is 3.99. The van der Waals surface area contributed by atoms with E-state index in [9.17, 15) is 35.2 Å². The van der Waals surface area contributed by atoms with Crippen LogP contribution >= 0.6 is 0 Å². The number of ether oxygens (including phenoxy) is 2. The van der Waals surface area contributed by atoms with Crippen molar-refractivity contribution in [2.24, 2.45) is 0 Å². The van der Waals surface area contributed by atoms with Gasteiger partial charge in [0.05, 0.1) is 23.6 Å². The highest BCUT2D eigenvalue weighted by atomic mass is 32.2. The maximum absolute atomic E-state index is 12.6. The Kier molecular flexibility index (Phi) is 10.5. The molecule has 37 heavy (non-hydrogen) atoms. The Balaban J connectivity index is 2.16. The van der Waals surface area contributed by atoms with E-state index in [2.05, 4.69) is 0 Å². The van der Waals surface area contributed by atoms with Crippen LogP contribution < -0.4 is 28.2 Å². The quantitative estimate of drug-likeness (QED) is 0.314. The Bertz CT molecular complexity index is 1240. The molecule has 2 amide bonds. The molecule has 0 aromatic heterocycles. The van der Waals surface area contributed by atoms with Gasteiger partial charge in [0.15, 0.2) is 0 Å². The molecule has 2 N–H and O–H groups in total. The van der Waals surface area contributed by atoms with Gasteiger partial charge in [-0.3, -0.25) is 9.59 Å². The topological polar surface area (TPSA) is 163 Å². The van der Waals surface area contributed by atoms with Crippen molar-refractivity contribution in [3.05, 3.63) is 47.5 Å². The second-order valence-electron chi connectivity index (χ2n) is 7.13. The molecule has 2 aromatic carbocycles. The maximum Gasteiger partial charge on any atom is 0.658 e. The average Bonchev–Trinajstić information content (AvgIpc) is 2.79. The van der Waals surface area contributed by atoms with Gasteiger partial charge >= 0.3 is 7.69 Å². The van der Waals surface area contributed by atoms with E-state index in [-0.39, 0.29) is 34.1 Å². The Morgan fingerprint density at radius 1 is 0.757 bits per heavy atom. The zero-order valence-electron chi connectivity index (χ0n) is 19.5. The summed E-state index contributed by atoms with van der Waals surface area (Å²) in [6.45, 7) is -2.58. The third kappa shape index (κ3) is 10.1. The van der Waals surface area contributed by atoms with Crippen LogP contribution in [-0.2, 0) is 20.0 Å². The highest BCUT2D eigenvalue weighted by Crippen LogP contribution is 2.27. The zero-order valence-corrected chi connectivity index (χ0v) is 21.2. The molecule has 0 aliphatic heterocycles. The summed E-state index contributed by atoms with van der Waals surface area (Å²) in [7, 11) is -6.88. The molecule has 0 bridgehead atoms. The first-order chi connectivity index (χ1) is 17.3. The number of hydrogen-bond acceptors (Lipinski definition) is 10. The number of hydrogen-bond donors (Lipinski definition) is 2. The van der Waals surface area contributed by atoms with Crippen LogP contribution in [0.3, 0.4) is 0 Å². The van der Waals surface area contributed by atoms with Crippen molar-refractivity contribution in [1.29, 1.82) is 0 Å². The molecule has 0 saturated heterocycles. The Morgan fingerprint density at radius 3 is 1.46 bits per heavy atom. The molecule has 0 unspecified atom stereocenters. The van der Waals surface area contributed by atoms with E-state index in [1.54, 1.807) is 9.44 Å². The second kappa shape index (κ2) is 13.1. The normalized spacial score (nSPS) is 11.2. The van der Waals surface area contributed by atoms with Crippen LogP contribution in [0.15, 0.2) is 36.4 Å². The van der Waals surface area contributed by atoms with E-state index in [4.69, 9.17) is 18.8 Å². The Hall–Kier alpha value is -3.60. The summed E-state index contributed by atoms with van der Waals surface area (Å²) < 4.78 is 94.9. The Morgan fingerprint density at radius 2 is 1.14 bits per heavy atom. The molecule has 0 heterocycles. The van der Waals surface area contributed by atoms with Crippen molar-refractivity contribution in [3.8, 4) is 23.0 Å². The average molecular weight is 563 g/mol. The fraction of sp³-hybridized carbons (Fsp3) is 0.300. The SMILES string of the molecule is CS(=O)(=O)NC(=O)c1ccc(O[B]Oc2ccc(C(=O)NS(C)(=O)=O)c(OCCF)c2)cc1OCCF. The van der Waals surface area contributed by atoms with Gasteiger partial charge in [-0.25, -0.2) is 35.1 Å². The molecule has 201 valence electrons. The van der Waals surface area contributed by atoms with Gasteiger partial charge in [0, 0.05) is 12.1 Å². The summed E-state index contributed by atoms with van der Waals surface area (Å²) in [6.07, 6.45) is 1.57. The van der Waals surface area contributed by atoms with Gasteiger partial charge in [0.2, 0.25) is 20.0 Å². The minimum Gasteiger partial charge on any atom is -0.526 e. The van der Waals surface area contributed by atoms with E-state index < -0.39 is 58.4 Å². The van der Waals surface area contributed by atoms with Gasteiger partial charge in [-0.15, -0.1) is 0 Å². The van der Waals surface area contributed by atoms with Gasteiger partial charge in [-0.05, 0) is 24.3 Å². The monoisotopic (exact) mass is 563 g/mol. The molecule has 12 nitrogen and oxygen atoms in total. The van der Waals surface area contributed by atoms with Crippen LogP contribution in [0.25, 0.3) is 0 Å². The molecule has 2 aromatic rings. The molecule has 2 rings (SSSR count). The van der Waals surface area contributed by atoms with Gasteiger partial charge < -0.3 is 18.8 Å². The van der Waals surface area contributed by atoms with Gasteiger partial charge in [-0.1, -0.05) is 0 Å². The number of sulfonamides is 2. The van der Waals surface area contributed by atoms with E-state index in [0.29, 0.717) is 0 Å². The third-order valence-corrected chi connectivity index (χ3v) is 5.10. The lowest BCUT2D eigenvalue weighted by atomic mass is 10.1. The van der Waals surface area contributed by atoms with Crippen LogP contribution in [0.2, 0.25) is 0 Å². The first kappa shape index (κ1) is 29.6. The standard InChI is InChI=1S/C20H22BF2N2O10S2/c1-36(28,29)24-19(26)15-5-3-13(11-17(15)32-9-7-22)34-21-35-14-4-6-16(18(12-14)33-10-8-23)20(27)25-37(2,30)31/h3-6,11-12H,7-10H2,1-2H3,(H,24,26)(H,25,27). The van der Waals surface area contributed by atoms with Gasteiger partial charge in [0.1, 0.15) is 49.6 Å². The molecule has 17 heteroatoms. The molecule has 0 aliphatic rings. The minimum atomic E-state index is -3.86. The van der Waals surface area contributed by atoms with Gasteiger partial charge in [0.25, 0.3) is 11.8 Å². The van der Waals surface area contributed by atoms with Crippen molar-refractivity contribution in [2.45, 2.75) is 0 Å². The fourth-order valence-electron chi connectivity index (χ4n) is 2.64. The van der Waals surface area contributed by atoms with Crippen LogP contribution in [-0.4, -0.2) is 75.4 Å². The summed E-state index contributed by atoms with van der Waals surface area (Å²) >= 11 is 0. The van der Waals surface area contributed by atoms with Crippen LogP contribution in [0.4, 0.5) is 8.78 Å². The number of halogens is 2. The summed E-state index contributed by atoms with van der Waals surface area (Å²) in [5, 5.41) is 0. The second-order valence-corrected chi connectivity index (χ2v) is 10.6. The molecule has 0 aliphatic carbocycles. The Labute approximate surface area is 212 Å². The van der Waals surface area contributed by atoms with Crippen molar-refractivity contribution >= 4 is 39.5 Å².